The third kappa shape index (κ3) is 3.58. The molecule has 0 saturated heterocycles. The normalized spacial score (nSPS) is 10.3. The van der Waals surface area contributed by atoms with E-state index in [2.05, 4.69) is 15.9 Å². The molecule has 0 aliphatic heterocycles. The molecule has 0 atom stereocenters. The van der Waals surface area contributed by atoms with Crippen LogP contribution in [0.15, 0.2) is 46.9 Å². The third-order valence-corrected chi connectivity index (χ3v) is 3.49. The number of rotatable bonds is 4. The molecule has 0 fully saturated rings. The van der Waals surface area contributed by atoms with Crippen LogP contribution in [0.3, 0.4) is 0 Å². The summed E-state index contributed by atoms with van der Waals surface area (Å²) in [5, 5.41) is 0.663. The molecule has 0 bridgehead atoms. The fourth-order valence-corrected chi connectivity index (χ4v) is 2.27. The molecule has 0 unspecified atom stereocenters. The van der Waals surface area contributed by atoms with Crippen LogP contribution in [-0.2, 0) is 6.42 Å². The van der Waals surface area contributed by atoms with Gasteiger partial charge in [-0.3, -0.25) is 4.79 Å². The molecule has 0 aliphatic carbocycles. The summed E-state index contributed by atoms with van der Waals surface area (Å²) in [7, 11) is 1.56. The molecule has 98 valence electrons. The predicted octanol–water partition coefficient (Wildman–Crippen LogP) is 4.54. The lowest BCUT2D eigenvalue weighted by Crippen LogP contribution is -2.05. The lowest BCUT2D eigenvalue weighted by Gasteiger charge is -2.08. The van der Waals surface area contributed by atoms with Gasteiger partial charge in [0.2, 0.25) is 0 Å². The van der Waals surface area contributed by atoms with E-state index in [-0.39, 0.29) is 5.78 Å². The Labute approximate surface area is 125 Å². The zero-order chi connectivity index (χ0) is 13.8. The summed E-state index contributed by atoms with van der Waals surface area (Å²) in [5.41, 5.74) is 1.50. The largest absolute Gasteiger partial charge is 0.496 e. The van der Waals surface area contributed by atoms with Crippen molar-refractivity contribution >= 4 is 33.3 Å². The van der Waals surface area contributed by atoms with Crippen molar-refractivity contribution < 1.29 is 9.53 Å². The molecule has 0 radical (unpaired) electrons. The number of carbonyl (C=O) groups excluding carboxylic acids is 1. The van der Waals surface area contributed by atoms with Gasteiger partial charge in [-0.1, -0.05) is 39.7 Å². The van der Waals surface area contributed by atoms with Crippen LogP contribution in [-0.4, -0.2) is 12.9 Å². The molecule has 19 heavy (non-hydrogen) atoms. The van der Waals surface area contributed by atoms with E-state index in [4.69, 9.17) is 16.3 Å². The summed E-state index contributed by atoms with van der Waals surface area (Å²) in [4.78, 5) is 12.3. The maximum Gasteiger partial charge on any atom is 0.170 e. The van der Waals surface area contributed by atoms with E-state index in [0.717, 1.165) is 10.0 Å². The van der Waals surface area contributed by atoms with E-state index in [9.17, 15) is 4.79 Å². The number of hydrogen-bond donors (Lipinski definition) is 0. The Morgan fingerprint density at radius 1 is 1.21 bits per heavy atom. The van der Waals surface area contributed by atoms with Crippen LogP contribution >= 0.6 is 27.5 Å². The van der Waals surface area contributed by atoms with Crippen molar-refractivity contribution in [2.24, 2.45) is 0 Å². The number of Topliss-reactive ketones (excluding diaryl/α,β-unsaturated/α-hetero) is 1. The number of benzene rings is 2. The van der Waals surface area contributed by atoms with Crippen molar-refractivity contribution in [3.05, 3.63) is 63.1 Å². The number of ketones is 1. The standard InChI is InChI=1S/C15H12BrClO2/c1-19-15-7-4-11(16)9-13(15)14(18)8-10-2-5-12(17)6-3-10/h2-7,9H,8H2,1H3. The van der Waals surface area contributed by atoms with Gasteiger partial charge in [0.1, 0.15) is 5.75 Å². The molecule has 2 rings (SSSR count). The number of methoxy groups -OCH3 is 1. The Balaban J connectivity index is 2.24. The van der Waals surface area contributed by atoms with Gasteiger partial charge < -0.3 is 4.74 Å². The Morgan fingerprint density at radius 3 is 2.53 bits per heavy atom. The smallest absolute Gasteiger partial charge is 0.170 e. The maximum absolute atomic E-state index is 12.3. The van der Waals surface area contributed by atoms with Gasteiger partial charge in [-0.05, 0) is 35.9 Å². The van der Waals surface area contributed by atoms with Gasteiger partial charge in [-0.25, -0.2) is 0 Å². The molecule has 0 heterocycles. The van der Waals surface area contributed by atoms with Gasteiger partial charge in [-0.2, -0.15) is 0 Å². The van der Waals surface area contributed by atoms with Crippen molar-refractivity contribution in [3.63, 3.8) is 0 Å². The Morgan fingerprint density at radius 2 is 1.89 bits per heavy atom. The monoisotopic (exact) mass is 338 g/mol. The zero-order valence-corrected chi connectivity index (χ0v) is 12.7. The van der Waals surface area contributed by atoms with Crippen LogP contribution in [0.5, 0.6) is 5.75 Å². The highest BCUT2D eigenvalue weighted by Crippen LogP contribution is 2.24. The van der Waals surface area contributed by atoms with Gasteiger partial charge in [0.25, 0.3) is 0 Å². The van der Waals surface area contributed by atoms with Gasteiger partial charge in [0.15, 0.2) is 5.78 Å². The van der Waals surface area contributed by atoms with Crippen LogP contribution in [0.2, 0.25) is 5.02 Å². The summed E-state index contributed by atoms with van der Waals surface area (Å²) in [5.74, 6) is 0.600. The van der Waals surface area contributed by atoms with Crippen LogP contribution < -0.4 is 4.74 Å². The second-order valence-electron chi connectivity index (χ2n) is 4.07. The highest BCUT2D eigenvalue weighted by Gasteiger charge is 2.13. The molecule has 0 aromatic heterocycles. The van der Waals surface area contributed by atoms with E-state index >= 15 is 0 Å². The summed E-state index contributed by atoms with van der Waals surface area (Å²) in [6.07, 6.45) is 0.323. The molecule has 2 aromatic rings. The highest BCUT2D eigenvalue weighted by atomic mass is 79.9. The van der Waals surface area contributed by atoms with Gasteiger partial charge in [0.05, 0.1) is 12.7 Å². The van der Waals surface area contributed by atoms with Crippen molar-refractivity contribution in [2.45, 2.75) is 6.42 Å². The Hall–Kier alpha value is -1.32. The van der Waals surface area contributed by atoms with Crippen LogP contribution in [0.25, 0.3) is 0 Å². The molecule has 0 saturated carbocycles. The molecule has 0 spiro atoms. The first-order valence-corrected chi connectivity index (χ1v) is 6.88. The van der Waals surface area contributed by atoms with Crippen LogP contribution in [0.4, 0.5) is 0 Å². The Bertz CT molecular complexity index is 594. The average Bonchev–Trinajstić information content (AvgIpc) is 2.41. The second-order valence-corrected chi connectivity index (χ2v) is 5.42. The number of ether oxygens (including phenoxy) is 1. The number of hydrogen-bond acceptors (Lipinski definition) is 2. The number of halogens is 2. The average molecular weight is 340 g/mol. The van der Waals surface area contributed by atoms with E-state index < -0.39 is 0 Å². The molecule has 2 aromatic carbocycles. The first-order chi connectivity index (χ1) is 9.10. The lowest BCUT2D eigenvalue weighted by molar-refractivity contribution is 0.0990. The maximum atomic E-state index is 12.3. The first-order valence-electron chi connectivity index (χ1n) is 5.71. The molecule has 4 heteroatoms. The quantitative estimate of drug-likeness (QED) is 0.765. The molecule has 2 nitrogen and oxygen atoms in total. The van der Waals surface area contributed by atoms with Gasteiger partial charge >= 0.3 is 0 Å². The van der Waals surface area contributed by atoms with Crippen molar-refractivity contribution in [1.82, 2.24) is 0 Å². The molecular weight excluding hydrogens is 328 g/mol. The van der Waals surface area contributed by atoms with Gasteiger partial charge in [0, 0.05) is 15.9 Å². The molecule has 0 amide bonds. The van der Waals surface area contributed by atoms with E-state index in [0.29, 0.717) is 22.8 Å². The minimum absolute atomic E-state index is 0.0143. The third-order valence-electron chi connectivity index (χ3n) is 2.74. The summed E-state index contributed by atoms with van der Waals surface area (Å²) >= 11 is 9.19. The summed E-state index contributed by atoms with van der Waals surface area (Å²) < 4.78 is 6.07. The molecule has 0 aliphatic rings. The Kier molecular flexibility index (Phi) is 4.61. The fraction of sp³-hybridized carbons (Fsp3) is 0.133. The highest BCUT2D eigenvalue weighted by molar-refractivity contribution is 9.10. The van der Waals surface area contributed by atoms with E-state index in [1.165, 1.54) is 0 Å². The summed E-state index contributed by atoms with van der Waals surface area (Å²) in [6, 6.07) is 12.7. The number of carbonyl (C=O) groups is 1. The second kappa shape index (κ2) is 6.22. The van der Waals surface area contributed by atoms with Crippen molar-refractivity contribution in [3.8, 4) is 5.75 Å². The fourth-order valence-electron chi connectivity index (χ4n) is 1.78. The minimum atomic E-state index is 0.0143. The van der Waals surface area contributed by atoms with Crippen LogP contribution in [0.1, 0.15) is 15.9 Å². The van der Waals surface area contributed by atoms with Crippen molar-refractivity contribution in [2.75, 3.05) is 7.11 Å². The van der Waals surface area contributed by atoms with Crippen molar-refractivity contribution in [1.29, 1.82) is 0 Å². The van der Waals surface area contributed by atoms with Crippen LogP contribution in [0, 0.1) is 0 Å². The topological polar surface area (TPSA) is 26.3 Å². The van der Waals surface area contributed by atoms with E-state index in [1.807, 2.05) is 18.2 Å². The first kappa shape index (κ1) is 14.1. The van der Waals surface area contributed by atoms with Gasteiger partial charge in [-0.15, -0.1) is 0 Å². The lowest BCUT2D eigenvalue weighted by atomic mass is 10.0. The SMILES string of the molecule is COc1ccc(Br)cc1C(=O)Cc1ccc(Cl)cc1. The summed E-state index contributed by atoms with van der Waals surface area (Å²) in [6.45, 7) is 0. The molecule has 0 N–H and O–H groups in total. The predicted molar refractivity (Wildman–Crippen MR) is 80.2 cm³/mol. The minimum Gasteiger partial charge on any atom is -0.496 e. The molecular formula is C15H12BrClO2. The van der Waals surface area contributed by atoms with E-state index in [1.54, 1.807) is 31.4 Å². The zero-order valence-electron chi connectivity index (χ0n) is 10.3.